The van der Waals surface area contributed by atoms with Gasteiger partial charge in [0, 0.05) is 23.5 Å². The first-order valence-corrected chi connectivity index (χ1v) is 9.59. The highest BCUT2D eigenvalue weighted by molar-refractivity contribution is 6.30. The van der Waals surface area contributed by atoms with Crippen LogP contribution >= 0.6 is 11.6 Å². The number of aromatic nitrogens is 1. The predicted molar refractivity (Wildman–Crippen MR) is 108 cm³/mol. The van der Waals surface area contributed by atoms with Crippen molar-refractivity contribution in [3.8, 4) is 5.75 Å². The van der Waals surface area contributed by atoms with Gasteiger partial charge in [0.15, 0.2) is 0 Å². The van der Waals surface area contributed by atoms with E-state index in [0.717, 1.165) is 52.1 Å². The monoisotopic (exact) mass is 366 g/mol. The highest BCUT2D eigenvalue weighted by Crippen LogP contribution is 2.29. The van der Waals surface area contributed by atoms with Crippen LogP contribution in [0.15, 0.2) is 54.6 Å². The fourth-order valence-electron chi connectivity index (χ4n) is 3.38. The highest BCUT2D eigenvalue weighted by atomic mass is 35.5. The molecule has 0 radical (unpaired) electrons. The molecule has 1 aromatic heterocycles. The molecule has 0 atom stereocenters. The van der Waals surface area contributed by atoms with Crippen LogP contribution in [0.25, 0.3) is 10.9 Å². The molecular formula is C22H23ClN2O. The number of hydrogen-bond acceptors (Lipinski definition) is 3. The van der Waals surface area contributed by atoms with Gasteiger partial charge < -0.3 is 9.64 Å². The van der Waals surface area contributed by atoms with Gasteiger partial charge in [-0.3, -0.25) is 0 Å². The van der Waals surface area contributed by atoms with Gasteiger partial charge in [-0.25, -0.2) is 4.98 Å². The Kier molecular flexibility index (Phi) is 4.98. The van der Waals surface area contributed by atoms with E-state index in [0.29, 0.717) is 6.61 Å². The molecule has 2 heterocycles. The standard InChI is InChI=1S/C22H23ClN2O/c1-16-11-13-25(14-12-16)21-10-7-18-3-2-4-20(22(18)24-21)26-15-17-5-8-19(23)9-6-17/h2-10,16H,11-15H2,1H3. The number of ether oxygens (including phenoxy) is 1. The van der Waals surface area contributed by atoms with Gasteiger partial charge in [-0.1, -0.05) is 42.8 Å². The molecule has 1 fully saturated rings. The van der Waals surface area contributed by atoms with Crippen molar-refractivity contribution in [2.45, 2.75) is 26.4 Å². The highest BCUT2D eigenvalue weighted by Gasteiger charge is 2.17. The summed E-state index contributed by atoms with van der Waals surface area (Å²) in [5.41, 5.74) is 2.02. The van der Waals surface area contributed by atoms with Crippen LogP contribution in [-0.2, 0) is 6.61 Å². The zero-order valence-electron chi connectivity index (χ0n) is 15.0. The van der Waals surface area contributed by atoms with Gasteiger partial charge in [0.25, 0.3) is 0 Å². The van der Waals surface area contributed by atoms with Crippen LogP contribution < -0.4 is 9.64 Å². The van der Waals surface area contributed by atoms with Crippen molar-refractivity contribution >= 4 is 28.3 Å². The molecule has 0 spiro atoms. The van der Waals surface area contributed by atoms with Crippen molar-refractivity contribution in [1.29, 1.82) is 0 Å². The van der Waals surface area contributed by atoms with Gasteiger partial charge in [-0.05, 0) is 54.7 Å². The average Bonchev–Trinajstić information content (AvgIpc) is 2.68. The molecule has 4 rings (SSSR count). The van der Waals surface area contributed by atoms with E-state index in [4.69, 9.17) is 21.3 Å². The largest absolute Gasteiger partial charge is 0.487 e. The van der Waals surface area contributed by atoms with Crippen molar-refractivity contribution in [3.63, 3.8) is 0 Å². The van der Waals surface area contributed by atoms with Crippen LogP contribution in [0.4, 0.5) is 5.82 Å². The molecule has 0 N–H and O–H groups in total. The molecule has 0 bridgehead atoms. The Hall–Kier alpha value is -2.26. The molecule has 3 nitrogen and oxygen atoms in total. The van der Waals surface area contributed by atoms with Crippen molar-refractivity contribution in [3.05, 3.63) is 65.2 Å². The van der Waals surface area contributed by atoms with E-state index in [9.17, 15) is 0 Å². The zero-order valence-corrected chi connectivity index (χ0v) is 15.7. The van der Waals surface area contributed by atoms with Crippen LogP contribution in [0, 0.1) is 5.92 Å². The number of pyridine rings is 1. The maximum atomic E-state index is 6.08. The Bertz CT molecular complexity index is 886. The van der Waals surface area contributed by atoms with E-state index < -0.39 is 0 Å². The average molecular weight is 367 g/mol. The summed E-state index contributed by atoms with van der Waals surface area (Å²) in [5.74, 6) is 2.68. The minimum atomic E-state index is 0.503. The minimum absolute atomic E-state index is 0.503. The van der Waals surface area contributed by atoms with E-state index in [-0.39, 0.29) is 0 Å². The van der Waals surface area contributed by atoms with Crippen LogP contribution in [0.3, 0.4) is 0 Å². The summed E-state index contributed by atoms with van der Waals surface area (Å²) in [6, 6.07) is 18.1. The molecule has 1 saturated heterocycles. The van der Waals surface area contributed by atoms with Crippen LogP contribution in [-0.4, -0.2) is 18.1 Å². The van der Waals surface area contributed by atoms with Gasteiger partial charge in [-0.15, -0.1) is 0 Å². The quantitative estimate of drug-likeness (QED) is 0.591. The van der Waals surface area contributed by atoms with Crippen molar-refractivity contribution in [2.24, 2.45) is 5.92 Å². The first-order chi connectivity index (χ1) is 12.7. The summed E-state index contributed by atoms with van der Waals surface area (Å²) in [6.07, 6.45) is 2.46. The lowest BCUT2D eigenvalue weighted by molar-refractivity contribution is 0.309. The predicted octanol–water partition coefficient (Wildman–Crippen LogP) is 5.70. The third-order valence-corrected chi connectivity index (χ3v) is 5.34. The number of rotatable bonds is 4. The molecule has 134 valence electrons. The van der Waals surface area contributed by atoms with Gasteiger partial charge in [0.2, 0.25) is 0 Å². The molecule has 2 aromatic carbocycles. The Morgan fingerprint density at radius 3 is 2.58 bits per heavy atom. The third-order valence-electron chi connectivity index (χ3n) is 5.08. The van der Waals surface area contributed by atoms with Crippen molar-refractivity contribution < 1.29 is 4.74 Å². The summed E-state index contributed by atoms with van der Waals surface area (Å²) in [6.45, 7) is 4.98. The third kappa shape index (κ3) is 3.78. The summed E-state index contributed by atoms with van der Waals surface area (Å²) in [5, 5.41) is 1.84. The molecule has 0 unspecified atom stereocenters. The second-order valence-electron chi connectivity index (χ2n) is 7.08. The lowest BCUT2D eigenvalue weighted by Crippen LogP contribution is -2.33. The smallest absolute Gasteiger partial charge is 0.146 e. The van der Waals surface area contributed by atoms with Gasteiger partial charge in [0.05, 0.1) is 0 Å². The van der Waals surface area contributed by atoms with E-state index in [2.05, 4.69) is 30.0 Å². The topological polar surface area (TPSA) is 25.4 Å². The number of benzene rings is 2. The minimum Gasteiger partial charge on any atom is -0.487 e. The second kappa shape index (κ2) is 7.55. The Morgan fingerprint density at radius 1 is 1.04 bits per heavy atom. The van der Waals surface area contributed by atoms with E-state index in [1.165, 1.54) is 12.8 Å². The second-order valence-corrected chi connectivity index (χ2v) is 7.52. The molecule has 1 aliphatic heterocycles. The first kappa shape index (κ1) is 17.2. The number of halogens is 1. The number of nitrogens with zero attached hydrogens (tertiary/aromatic N) is 2. The fraction of sp³-hybridized carbons (Fsp3) is 0.318. The van der Waals surface area contributed by atoms with Crippen LogP contribution in [0.5, 0.6) is 5.75 Å². The number of anilines is 1. The normalized spacial score (nSPS) is 15.4. The van der Waals surface area contributed by atoms with E-state index in [1.807, 2.05) is 36.4 Å². The molecule has 1 aliphatic rings. The van der Waals surface area contributed by atoms with Gasteiger partial charge in [-0.2, -0.15) is 0 Å². The molecule has 0 amide bonds. The Labute approximate surface area is 159 Å². The summed E-state index contributed by atoms with van der Waals surface area (Å²) in [7, 11) is 0. The number of piperidine rings is 1. The Morgan fingerprint density at radius 2 is 1.81 bits per heavy atom. The SMILES string of the molecule is CC1CCN(c2ccc3cccc(OCc4ccc(Cl)cc4)c3n2)CC1. The fourth-order valence-corrected chi connectivity index (χ4v) is 3.51. The molecular weight excluding hydrogens is 344 g/mol. The number of hydrogen-bond donors (Lipinski definition) is 0. The first-order valence-electron chi connectivity index (χ1n) is 9.21. The molecule has 0 aliphatic carbocycles. The van der Waals surface area contributed by atoms with Crippen molar-refractivity contribution in [2.75, 3.05) is 18.0 Å². The molecule has 26 heavy (non-hydrogen) atoms. The summed E-state index contributed by atoms with van der Waals surface area (Å²) in [4.78, 5) is 7.31. The van der Waals surface area contributed by atoms with Crippen molar-refractivity contribution in [1.82, 2.24) is 4.98 Å². The zero-order chi connectivity index (χ0) is 17.9. The van der Waals surface area contributed by atoms with Crippen LogP contribution in [0.1, 0.15) is 25.3 Å². The Balaban J connectivity index is 1.58. The lowest BCUT2D eigenvalue weighted by Gasteiger charge is -2.31. The van der Waals surface area contributed by atoms with Gasteiger partial charge >= 0.3 is 0 Å². The maximum absolute atomic E-state index is 6.08. The summed E-state index contributed by atoms with van der Waals surface area (Å²) < 4.78 is 6.08. The van der Waals surface area contributed by atoms with E-state index in [1.54, 1.807) is 0 Å². The summed E-state index contributed by atoms with van der Waals surface area (Å²) >= 11 is 5.95. The lowest BCUT2D eigenvalue weighted by atomic mass is 9.99. The number of para-hydroxylation sites is 1. The molecule has 3 aromatic rings. The van der Waals surface area contributed by atoms with Crippen LogP contribution in [0.2, 0.25) is 5.02 Å². The maximum Gasteiger partial charge on any atom is 0.146 e. The number of fused-ring (bicyclic) bond motifs is 1. The van der Waals surface area contributed by atoms with E-state index >= 15 is 0 Å². The molecule has 0 saturated carbocycles. The van der Waals surface area contributed by atoms with Gasteiger partial charge in [0.1, 0.15) is 23.7 Å². The molecule has 4 heteroatoms.